The van der Waals surface area contributed by atoms with E-state index in [4.69, 9.17) is 4.74 Å². The molecule has 0 atom stereocenters. The third-order valence-corrected chi connectivity index (χ3v) is 4.91. The number of ether oxygens (including phenoxy) is 1. The number of rotatable bonds is 6. The highest BCUT2D eigenvalue weighted by molar-refractivity contribution is 4.87. The van der Waals surface area contributed by atoms with Crippen LogP contribution >= 0.6 is 0 Å². The number of aliphatic hydroxyl groups excluding tert-OH is 2. The summed E-state index contributed by atoms with van der Waals surface area (Å²) in [6, 6.07) is 0.604. The van der Waals surface area contributed by atoms with Gasteiger partial charge in [-0.3, -0.25) is 4.90 Å². The first kappa shape index (κ1) is 15.2. The standard InChI is InChI=1S/C15H29NO3/c17-9-8-16(14-4-2-1-3-5-14)12-15(13-18)6-10-19-11-7-15/h14,17-18H,1-13H2. The Morgan fingerprint density at radius 1 is 1.05 bits per heavy atom. The molecule has 0 radical (unpaired) electrons. The van der Waals surface area contributed by atoms with Crippen LogP contribution in [0.4, 0.5) is 0 Å². The maximum Gasteiger partial charge on any atom is 0.0558 e. The summed E-state index contributed by atoms with van der Waals surface area (Å²) in [7, 11) is 0. The normalized spacial score (nSPS) is 24.8. The van der Waals surface area contributed by atoms with Gasteiger partial charge in [-0.2, -0.15) is 0 Å². The van der Waals surface area contributed by atoms with Crippen molar-refractivity contribution in [2.45, 2.75) is 51.0 Å². The quantitative estimate of drug-likeness (QED) is 0.767. The molecule has 0 amide bonds. The Kier molecular flexibility index (Phi) is 6.07. The van der Waals surface area contributed by atoms with Gasteiger partial charge in [-0.25, -0.2) is 0 Å². The summed E-state index contributed by atoms with van der Waals surface area (Å²) in [5.41, 5.74) is -0.00906. The van der Waals surface area contributed by atoms with Gasteiger partial charge < -0.3 is 14.9 Å². The average molecular weight is 271 g/mol. The molecule has 1 heterocycles. The van der Waals surface area contributed by atoms with E-state index in [1.54, 1.807) is 0 Å². The second kappa shape index (κ2) is 7.58. The van der Waals surface area contributed by atoms with Gasteiger partial charge in [-0.15, -0.1) is 0 Å². The van der Waals surface area contributed by atoms with Crippen LogP contribution in [0.25, 0.3) is 0 Å². The first-order valence-electron chi connectivity index (χ1n) is 7.83. The van der Waals surface area contributed by atoms with E-state index < -0.39 is 0 Å². The molecule has 0 spiro atoms. The maximum absolute atomic E-state index is 9.81. The molecule has 1 saturated heterocycles. The van der Waals surface area contributed by atoms with E-state index in [0.29, 0.717) is 6.04 Å². The van der Waals surface area contributed by atoms with E-state index in [0.717, 1.165) is 39.1 Å². The van der Waals surface area contributed by atoms with Crippen LogP contribution in [0.5, 0.6) is 0 Å². The molecule has 2 rings (SSSR count). The fraction of sp³-hybridized carbons (Fsp3) is 1.00. The third-order valence-electron chi connectivity index (χ3n) is 4.91. The summed E-state index contributed by atoms with van der Waals surface area (Å²) in [6.07, 6.45) is 8.35. The molecule has 4 nitrogen and oxygen atoms in total. The molecule has 1 aliphatic carbocycles. The van der Waals surface area contributed by atoms with Gasteiger partial charge in [-0.05, 0) is 25.7 Å². The van der Waals surface area contributed by atoms with Crippen molar-refractivity contribution in [1.29, 1.82) is 0 Å². The third kappa shape index (κ3) is 4.15. The Morgan fingerprint density at radius 2 is 1.74 bits per heavy atom. The second-order valence-electron chi connectivity index (χ2n) is 6.26. The Bertz CT molecular complexity index is 248. The average Bonchev–Trinajstić information content (AvgIpc) is 2.49. The smallest absolute Gasteiger partial charge is 0.0558 e. The van der Waals surface area contributed by atoms with Gasteiger partial charge in [-0.1, -0.05) is 19.3 Å². The fourth-order valence-corrected chi connectivity index (χ4v) is 3.57. The Balaban J connectivity index is 1.96. The van der Waals surface area contributed by atoms with Gasteiger partial charge in [0.2, 0.25) is 0 Å². The Labute approximate surface area is 116 Å². The van der Waals surface area contributed by atoms with Crippen molar-refractivity contribution in [2.75, 3.05) is 39.5 Å². The van der Waals surface area contributed by atoms with E-state index in [9.17, 15) is 10.2 Å². The lowest BCUT2D eigenvalue weighted by atomic mass is 9.79. The summed E-state index contributed by atoms with van der Waals surface area (Å²) in [5.74, 6) is 0. The number of hydrogen-bond donors (Lipinski definition) is 2. The molecule has 2 fully saturated rings. The molecule has 0 aromatic heterocycles. The van der Waals surface area contributed by atoms with Gasteiger partial charge >= 0.3 is 0 Å². The van der Waals surface area contributed by atoms with Crippen LogP contribution < -0.4 is 0 Å². The summed E-state index contributed by atoms with van der Waals surface area (Å²) in [5, 5.41) is 19.1. The predicted molar refractivity (Wildman–Crippen MR) is 75.1 cm³/mol. The van der Waals surface area contributed by atoms with Crippen LogP contribution in [0.1, 0.15) is 44.9 Å². The fourth-order valence-electron chi connectivity index (χ4n) is 3.57. The Morgan fingerprint density at radius 3 is 2.32 bits per heavy atom. The molecule has 0 unspecified atom stereocenters. The van der Waals surface area contributed by atoms with Crippen molar-refractivity contribution < 1.29 is 14.9 Å². The predicted octanol–water partition coefficient (Wildman–Crippen LogP) is 1.40. The zero-order valence-electron chi connectivity index (χ0n) is 12.0. The monoisotopic (exact) mass is 271 g/mol. The summed E-state index contributed by atoms with van der Waals surface area (Å²) >= 11 is 0. The van der Waals surface area contributed by atoms with Crippen LogP contribution in [0.2, 0.25) is 0 Å². The van der Waals surface area contributed by atoms with Gasteiger partial charge in [0.1, 0.15) is 0 Å². The van der Waals surface area contributed by atoms with Crippen molar-refractivity contribution in [3.63, 3.8) is 0 Å². The Hall–Kier alpha value is -0.160. The number of hydrogen-bond acceptors (Lipinski definition) is 4. The molecule has 1 aliphatic heterocycles. The van der Waals surface area contributed by atoms with Crippen molar-refractivity contribution in [3.8, 4) is 0 Å². The van der Waals surface area contributed by atoms with Crippen LogP contribution in [-0.2, 0) is 4.74 Å². The molecular weight excluding hydrogens is 242 g/mol. The molecule has 0 bridgehead atoms. The highest BCUT2D eigenvalue weighted by Gasteiger charge is 2.35. The molecule has 19 heavy (non-hydrogen) atoms. The van der Waals surface area contributed by atoms with Crippen LogP contribution in [0.3, 0.4) is 0 Å². The van der Waals surface area contributed by atoms with E-state index in [1.165, 1.54) is 32.1 Å². The van der Waals surface area contributed by atoms with Gasteiger partial charge in [0.15, 0.2) is 0 Å². The minimum absolute atomic E-state index is 0.00906. The van der Waals surface area contributed by atoms with E-state index >= 15 is 0 Å². The first-order valence-corrected chi connectivity index (χ1v) is 7.83. The lowest BCUT2D eigenvalue weighted by molar-refractivity contribution is -0.0455. The van der Waals surface area contributed by atoms with E-state index in [2.05, 4.69) is 4.90 Å². The van der Waals surface area contributed by atoms with Crippen LogP contribution in [-0.4, -0.2) is 60.7 Å². The van der Waals surface area contributed by atoms with Crippen molar-refractivity contribution in [1.82, 2.24) is 4.90 Å². The molecular formula is C15H29NO3. The van der Waals surface area contributed by atoms with Crippen molar-refractivity contribution in [3.05, 3.63) is 0 Å². The van der Waals surface area contributed by atoms with Crippen molar-refractivity contribution >= 4 is 0 Å². The minimum atomic E-state index is -0.00906. The molecule has 4 heteroatoms. The summed E-state index contributed by atoms with van der Waals surface area (Å²) < 4.78 is 5.43. The van der Waals surface area contributed by atoms with Gasteiger partial charge in [0, 0.05) is 37.8 Å². The zero-order chi connectivity index (χ0) is 13.6. The largest absolute Gasteiger partial charge is 0.396 e. The van der Waals surface area contributed by atoms with Crippen molar-refractivity contribution in [2.24, 2.45) is 5.41 Å². The van der Waals surface area contributed by atoms with Gasteiger partial charge in [0.05, 0.1) is 13.2 Å². The number of nitrogens with zero attached hydrogens (tertiary/aromatic N) is 1. The first-order chi connectivity index (χ1) is 9.29. The van der Waals surface area contributed by atoms with Gasteiger partial charge in [0.25, 0.3) is 0 Å². The summed E-state index contributed by atoms with van der Waals surface area (Å²) in [4.78, 5) is 2.43. The number of aliphatic hydroxyl groups is 2. The topological polar surface area (TPSA) is 52.9 Å². The maximum atomic E-state index is 9.81. The summed E-state index contributed by atoms with van der Waals surface area (Å²) in [6.45, 7) is 3.64. The zero-order valence-corrected chi connectivity index (χ0v) is 12.0. The second-order valence-corrected chi connectivity index (χ2v) is 6.26. The molecule has 2 N–H and O–H groups in total. The highest BCUT2D eigenvalue weighted by atomic mass is 16.5. The molecule has 112 valence electrons. The molecule has 2 aliphatic rings. The highest BCUT2D eigenvalue weighted by Crippen LogP contribution is 2.33. The molecule has 1 saturated carbocycles. The van der Waals surface area contributed by atoms with Crippen LogP contribution in [0, 0.1) is 5.41 Å². The molecule has 0 aromatic carbocycles. The lowest BCUT2D eigenvalue weighted by Crippen LogP contribution is -2.49. The lowest BCUT2D eigenvalue weighted by Gasteiger charge is -2.43. The van der Waals surface area contributed by atoms with Crippen LogP contribution in [0.15, 0.2) is 0 Å². The molecule has 0 aromatic rings. The van der Waals surface area contributed by atoms with E-state index in [-0.39, 0.29) is 18.6 Å². The van der Waals surface area contributed by atoms with E-state index in [1.807, 2.05) is 0 Å². The SMILES string of the molecule is OCCN(CC1(CO)CCOCC1)C1CCCCC1. The minimum Gasteiger partial charge on any atom is -0.396 e.